The second-order valence-corrected chi connectivity index (χ2v) is 5.67. The van der Waals surface area contributed by atoms with Crippen molar-refractivity contribution in [3.05, 3.63) is 24.2 Å². The maximum atomic E-state index is 12.0. The molecule has 2 heterocycles. The van der Waals surface area contributed by atoms with E-state index < -0.39 is 0 Å². The van der Waals surface area contributed by atoms with Crippen molar-refractivity contribution >= 4 is 6.03 Å². The van der Waals surface area contributed by atoms with Crippen LogP contribution >= 0.6 is 0 Å². The molecular formula is C14H21N3O3. The normalized spacial score (nSPS) is 31.8. The van der Waals surface area contributed by atoms with Gasteiger partial charge in [0, 0.05) is 12.5 Å². The molecule has 1 aliphatic heterocycles. The van der Waals surface area contributed by atoms with Crippen LogP contribution in [0.5, 0.6) is 0 Å². The monoisotopic (exact) mass is 279 g/mol. The maximum Gasteiger partial charge on any atom is 0.315 e. The summed E-state index contributed by atoms with van der Waals surface area (Å²) < 4.78 is 10.9. The molecule has 3 rings (SSSR count). The summed E-state index contributed by atoms with van der Waals surface area (Å²) in [6, 6.07) is 3.92. The van der Waals surface area contributed by atoms with Gasteiger partial charge in [-0.3, -0.25) is 0 Å². The third-order valence-electron chi connectivity index (χ3n) is 4.25. The molecule has 6 heteroatoms. The first-order valence-electron chi connectivity index (χ1n) is 7.01. The highest BCUT2D eigenvalue weighted by atomic mass is 16.5. The van der Waals surface area contributed by atoms with Gasteiger partial charge in [0.15, 0.2) is 0 Å². The van der Waals surface area contributed by atoms with Crippen molar-refractivity contribution < 1.29 is 13.9 Å². The largest absolute Gasteiger partial charge is 0.467 e. The molecule has 4 atom stereocenters. The number of nitrogens with zero attached hydrogens (tertiary/aromatic N) is 1. The van der Waals surface area contributed by atoms with Crippen molar-refractivity contribution in [3.8, 4) is 0 Å². The van der Waals surface area contributed by atoms with E-state index >= 15 is 0 Å². The molecule has 110 valence electrons. The highest BCUT2D eigenvalue weighted by Crippen LogP contribution is 2.40. The number of ether oxygens (including phenoxy) is 1. The van der Waals surface area contributed by atoms with Gasteiger partial charge in [-0.05, 0) is 32.6 Å². The molecule has 0 unspecified atom stereocenters. The fourth-order valence-corrected chi connectivity index (χ4v) is 3.27. The minimum Gasteiger partial charge on any atom is -0.467 e. The Hall–Kier alpha value is -1.53. The predicted octanol–water partition coefficient (Wildman–Crippen LogP) is 0.796. The van der Waals surface area contributed by atoms with Gasteiger partial charge in [0.1, 0.15) is 5.76 Å². The van der Waals surface area contributed by atoms with E-state index in [0.717, 1.165) is 18.8 Å². The average molecular weight is 279 g/mol. The molecule has 2 amide bonds. The van der Waals surface area contributed by atoms with E-state index in [-0.39, 0.29) is 24.2 Å². The Morgan fingerprint density at radius 1 is 1.50 bits per heavy atom. The fraction of sp³-hybridized carbons (Fsp3) is 0.643. The molecule has 2 fully saturated rings. The third kappa shape index (κ3) is 2.41. The number of fused-ring (bicyclic) bond motifs is 1. The van der Waals surface area contributed by atoms with Crippen LogP contribution in [0.3, 0.4) is 0 Å². The summed E-state index contributed by atoms with van der Waals surface area (Å²) in [5.74, 6) is 1.19. The lowest BCUT2D eigenvalue weighted by molar-refractivity contribution is -0.0654. The summed E-state index contributed by atoms with van der Waals surface area (Å²) >= 11 is 0. The maximum absolute atomic E-state index is 12.0. The molecule has 1 aliphatic carbocycles. The van der Waals surface area contributed by atoms with Gasteiger partial charge >= 0.3 is 6.03 Å². The van der Waals surface area contributed by atoms with Gasteiger partial charge in [0.2, 0.25) is 0 Å². The zero-order chi connectivity index (χ0) is 14.1. The number of carbonyl (C=O) groups is 1. The van der Waals surface area contributed by atoms with E-state index in [4.69, 9.17) is 9.15 Å². The van der Waals surface area contributed by atoms with E-state index in [0.29, 0.717) is 12.5 Å². The van der Waals surface area contributed by atoms with Crippen molar-refractivity contribution in [2.24, 2.45) is 5.92 Å². The Morgan fingerprint density at radius 2 is 2.35 bits per heavy atom. The summed E-state index contributed by atoms with van der Waals surface area (Å²) in [6.45, 7) is 1.20. The van der Waals surface area contributed by atoms with Crippen molar-refractivity contribution in [3.63, 3.8) is 0 Å². The van der Waals surface area contributed by atoms with Gasteiger partial charge in [-0.25, -0.2) is 4.79 Å². The molecular weight excluding hydrogens is 258 g/mol. The molecule has 0 bridgehead atoms. The van der Waals surface area contributed by atoms with Gasteiger partial charge in [-0.1, -0.05) is 0 Å². The molecule has 1 saturated carbocycles. The van der Waals surface area contributed by atoms with E-state index in [1.54, 1.807) is 6.26 Å². The first-order chi connectivity index (χ1) is 9.66. The standard InChI is InChI=1S/C14H21N3O3/c1-17(2)12-11(10-5-7-20-13(10)12)16-14(18)15-8-9-4-3-6-19-9/h3-4,6,10-13H,5,7-8H2,1-2H3,(H2,15,16,18)/t10-,11+,12-,13-/m1/s1. The van der Waals surface area contributed by atoms with Crippen molar-refractivity contribution in [2.45, 2.75) is 31.2 Å². The average Bonchev–Trinajstić information content (AvgIpc) is 3.02. The van der Waals surface area contributed by atoms with Crippen molar-refractivity contribution in [1.82, 2.24) is 15.5 Å². The van der Waals surface area contributed by atoms with Gasteiger partial charge in [0.25, 0.3) is 0 Å². The smallest absolute Gasteiger partial charge is 0.315 e. The first-order valence-corrected chi connectivity index (χ1v) is 7.01. The number of carbonyl (C=O) groups excluding carboxylic acids is 1. The number of nitrogens with one attached hydrogen (secondary N) is 2. The van der Waals surface area contributed by atoms with Crippen LogP contribution in [-0.2, 0) is 11.3 Å². The number of furan rings is 1. The van der Waals surface area contributed by atoms with E-state index in [2.05, 4.69) is 15.5 Å². The number of urea groups is 1. The van der Waals surface area contributed by atoms with E-state index in [9.17, 15) is 4.79 Å². The van der Waals surface area contributed by atoms with Crippen LogP contribution in [0.4, 0.5) is 4.79 Å². The van der Waals surface area contributed by atoms with Crippen molar-refractivity contribution in [2.75, 3.05) is 20.7 Å². The quantitative estimate of drug-likeness (QED) is 0.855. The molecule has 20 heavy (non-hydrogen) atoms. The molecule has 2 N–H and O–H groups in total. The highest BCUT2D eigenvalue weighted by Gasteiger charge is 2.55. The Balaban J connectivity index is 1.52. The second kappa shape index (κ2) is 5.46. The summed E-state index contributed by atoms with van der Waals surface area (Å²) in [7, 11) is 4.05. The van der Waals surface area contributed by atoms with Gasteiger partial charge in [-0.2, -0.15) is 0 Å². The molecule has 0 aromatic carbocycles. The lowest BCUT2D eigenvalue weighted by Gasteiger charge is -2.50. The Kier molecular flexibility index (Phi) is 3.67. The fourth-order valence-electron chi connectivity index (χ4n) is 3.27. The van der Waals surface area contributed by atoms with Gasteiger partial charge in [0.05, 0.1) is 31.0 Å². The first kappa shape index (κ1) is 13.5. The molecule has 0 spiro atoms. The molecule has 1 aromatic heterocycles. The van der Waals surface area contributed by atoms with Gasteiger partial charge < -0.3 is 24.7 Å². The Morgan fingerprint density at radius 3 is 3.05 bits per heavy atom. The van der Waals surface area contributed by atoms with Crippen LogP contribution < -0.4 is 10.6 Å². The molecule has 6 nitrogen and oxygen atoms in total. The Labute approximate surface area is 118 Å². The number of amides is 2. The third-order valence-corrected chi connectivity index (χ3v) is 4.25. The second-order valence-electron chi connectivity index (χ2n) is 5.67. The SMILES string of the molecule is CN(C)[C@@H]1[C@@H](NC(=O)NCc2ccco2)[C@H]2CCO[C@H]21. The minimum absolute atomic E-state index is 0.149. The topological polar surface area (TPSA) is 66.7 Å². The Bertz CT molecular complexity index is 460. The van der Waals surface area contributed by atoms with Crippen LogP contribution in [0.2, 0.25) is 0 Å². The van der Waals surface area contributed by atoms with Crippen LogP contribution in [0.1, 0.15) is 12.2 Å². The van der Waals surface area contributed by atoms with Gasteiger partial charge in [-0.15, -0.1) is 0 Å². The zero-order valence-corrected chi connectivity index (χ0v) is 11.8. The minimum atomic E-state index is -0.149. The highest BCUT2D eigenvalue weighted by molar-refractivity contribution is 5.74. The van der Waals surface area contributed by atoms with Crippen molar-refractivity contribution in [1.29, 1.82) is 0 Å². The number of hydrogen-bond acceptors (Lipinski definition) is 4. The van der Waals surface area contributed by atoms with Crippen LogP contribution in [0, 0.1) is 5.92 Å². The number of rotatable bonds is 4. The molecule has 1 saturated heterocycles. The molecule has 1 aromatic rings. The van der Waals surface area contributed by atoms with E-state index in [1.165, 1.54) is 0 Å². The lowest BCUT2D eigenvalue weighted by Crippen LogP contribution is -2.70. The summed E-state index contributed by atoms with van der Waals surface area (Å²) in [5, 5.41) is 5.89. The number of likely N-dealkylation sites (N-methyl/N-ethyl adjacent to an activating group) is 1. The van der Waals surface area contributed by atoms with Crippen LogP contribution in [-0.4, -0.2) is 49.8 Å². The molecule has 0 radical (unpaired) electrons. The zero-order valence-electron chi connectivity index (χ0n) is 11.8. The van der Waals surface area contributed by atoms with Crippen LogP contribution in [0.25, 0.3) is 0 Å². The lowest BCUT2D eigenvalue weighted by atomic mass is 9.71. The summed E-state index contributed by atoms with van der Waals surface area (Å²) in [6.07, 6.45) is 2.89. The molecule has 2 aliphatic rings. The predicted molar refractivity (Wildman–Crippen MR) is 73.2 cm³/mol. The number of hydrogen-bond donors (Lipinski definition) is 2. The summed E-state index contributed by atoms with van der Waals surface area (Å²) in [5.41, 5.74) is 0. The summed E-state index contributed by atoms with van der Waals surface area (Å²) in [4.78, 5) is 14.1. The van der Waals surface area contributed by atoms with E-state index in [1.807, 2.05) is 26.2 Å². The van der Waals surface area contributed by atoms with Crippen LogP contribution in [0.15, 0.2) is 22.8 Å².